The molecule has 0 heterocycles. The minimum atomic E-state index is -0.572. The van der Waals surface area contributed by atoms with Gasteiger partial charge in [-0.05, 0) is 36.1 Å². The Hall–Kier alpha value is -2.29. The van der Waals surface area contributed by atoms with Crippen molar-refractivity contribution in [1.82, 2.24) is 0 Å². The van der Waals surface area contributed by atoms with Gasteiger partial charge in [-0.1, -0.05) is 56.3 Å². The van der Waals surface area contributed by atoms with Crippen molar-refractivity contribution in [2.75, 3.05) is 0 Å². The molecule has 0 saturated heterocycles. The van der Waals surface area contributed by atoms with Crippen LogP contribution in [0, 0.1) is 5.92 Å². The number of hydrogen-bond acceptors (Lipinski definition) is 3. The topological polar surface area (TPSA) is 46.5 Å². The lowest BCUT2D eigenvalue weighted by Gasteiger charge is -2.22. The van der Waals surface area contributed by atoms with Gasteiger partial charge in [0.15, 0.2) is 0 Å². The van der Waals surface area contributed by atoms with Crippen LogP contribution in [-0.2, 0) is 15.1 Å². The Morgan fingerprint density at radius 3 is 2.33 bits per heavy atom. The van der Waals surface area contributed by atoms with Crippen LogP contribution >= 0.6 is 0 Å². The monoisotopic (exact) mass is 324 g/mol. The molecule has 0 radical (unpaired) electrons. The maximum absolute atomic E-state index is 12.6. The number of hydrogen-bond donors (Lipinski definition) is 1. The Labute approximate surface area is 143 Å². The number of ether oxygens (including phenoxy) is 1. The molecule has 3 rings (SSSR count). The smallest absolute Gasteiger partial charge is 0.309 e. The number of phenolic OH excluding ortho intramolecular Hbond substituents is 1. The van der Waals surface area contributed by atoms with Crippen LogP contribution < -0.4 is 0 Å². The maximum Gasteiger partial charge on any atom is 0.309 e. The third-order valence-corrected chi connectivity index (χ3v) is 5.07. The second kappa shape index (κ2) is 6.68. The zero-order valence-electron chi connectivity index (χ0n) is 14.2. The fourth-order valence-electron chi connectivity index (χ4n) is 3.43. The molecule has 0 amide bonds. The van der Waals surface area contributed by atoms with Crippen LogP contribution in [0.15, 0.2) is 54.6 Å². The fourth-order valence-corrected chi connectivity index (χ4v) is 3.43. The molecule has 0 bridgehead atoms. The summed E-state index contributed by atoms with van der Waals surface area (Å²) in [6.07, 6.45) is 2.38. The first-order valence-electron chi connectivity index (χ1n) is 8.68. The molecule has 3 heteroatoms. The first kappa shape index (κ1) is 16.6. The van der Waals surface area contributed by atoms with Crippen molar-refractivity contribution in [3.63, 3.8) is 0 Å². The van der Waals surface area contributed by atoms with Gasteiger partial charge < -0.3 is 9.84 Å². The number of aromatic hydroxyl groups is 1. The maximum atomic E-state index is 12.6. The highest BCUT2D eigenvalue weighted by Crippen LogP contribution is 2.61. The van der Waals surface area contributed by atoms with Gasteiger partial charge in [-0.15, -0.1) is 0 Å². The van der Waals surface area contributed by atoms with Crippen LogP contribution in [-0.4, -0.2) is 11.1 Å². The zero-order chi connectivity index (χ0) is 17.2. The van der Waals surface area contributed by atoms with E-state index in [0.29, 0.717) is 0 Å². The van der Waals surface area contributed by atoms with Crippen molar-refractivity contribution in [3.8, 4) is 5.75 Å². The van der Waals surface area contributed by atoms with Crippen molar-refractivity contribution >= 4 is 5.97 Å². The summed E-state index contributed by atoms with van der Waals surface area (Å²) in [6.45, 7) is 4.05. The molecule has 0 aliphatic heterocycles. The Kier molecular flexibility index (Phi) is 4.61. The van der Waals surface area contributed by atoms with E-state index in [1.54, 1.807) is 12.1 Å². The average molecular weight is 324 g/mol. The molecule has 24 heavy (non-hydrogen) atoms. The first-order chi connectivity index (χ1) is 11.6. The largest absolute Gasteiger partial charge is 0.508 e. The lowest BCUT2D eigenvalue weighted by atomic mass is 10.00. The molecular formula is C21H24O3. The number of esters is 1. The van der Waals surface area contributed by atoms with E-state index in [9.17, 15) is 9.90 Å². The van der Waals surface area contributed by atoms with Crippen LogP contribution in [0.1, 0.15) is 50.2 Å². The van der Waals surface area contributed by atoms with Crippen LogP contribution in [0.5, 0.6) is 5.75 Å². The summed E-state index contributed by atoms with van der Waals surface area (Å²) in [5, 5.41) is 9.50. The van der Waals surface area contributed by atoms with E-state index >= 15 is 0 Å². The third-order valence-electron chi connectivity index (χ3n) is 5.07. The third kappa shape index (κ3) is 3.03. The van der Waals surface area contributed by atoms with Crippen LogP contribution in [0.3, 0.4) is 0 Å². The molecule has 3 nitrogen and oxygen atoms in total. The Morgan fingerprint density at radius 2 is 1.75 bits per heavy atom. The van der Waals surface area contributed by atoms with Crippen molar-refractivity contribution in [2.24, 2.45) is 5.92 Å². The molecule has 1 aliphatic rings. The van der Waals surface area contributed by atoms with Crippen LogP contribution in [0.25, 0.3) is 0 Å². The number of benzene rings is 2. The lowest BCUT2D eigenvalue weighted by molar-refractivity contribution is -0.157. The second-order valence-corrected chi connectivity index (χ2v) is 6.54. The van der Waals surface area contributed by atoms with Crippen LogP contribution in [0.2, 0.25) is 0 Å². The molecule has 2 unspecified atom stereocenters. The highest BCUT2D eigenvalue weighted by Gasteiger charge is 2.60. The van der Waals surface area contributed by atoms with Gasteiger partial charge in [0.1, 0.15) is 11.4 Å². The van der Waals surface area contributed by atoms with E-state index in [1.165, 1.54) is 0 Å². The van der Waals surface area contributed by atoms with E-state index in [4.69, 9.17) is 4.74 Å². The SMILES string of the molecule is CCC(CC)C(=O)OC1(c2ccccc2)CC1c1ccc(O)cc1. The normalized spacial score (nSPS) is 22.4. The van der Waals surface area contributed by atoms with Gasteiger partial charge in [0, 0.05) is 12.3 Å². The van der Waals surface area contributed by atoms with Gasteiger partial charge >= 0.3 is 5.97 Å². The summed E-state index contributed by atoms with van der Waals surface area (Å²) in [5.74, 6) is 0.231. The van der Waals surface area contributed by atoms with Crippen molar-refractivity contribution < 1.29 is 14.6 Å². The van der Waals surface area contributed by atoms with Crippen LogP contribution in [0.4, 0.5) is 0 Å². The molecule has 2 aromatic rings. The molecule has 1 saturated carbocycles. The molecule has 0 spiro atoms. The highest BCUT2D eigenvalue weighted by atomic mass is 16.6. The number of carbonyl (C=O) groups excluding carboxylic acids is 1. The van der Waals surface area contributed by atoms with Crippen molar-refractivity contribution in [1.29, 1.82) is 0 Å². The van der Waals surface area contributed by atoms with Gasteiger partial charge in [0.05, 0.1) is 5.92 Å². The molecule has 1 N–H and O–H groups in total. The minimum absolute atomic E-state index is 0.0494. The quantitative estimate of drug-likeness (QED) is 0.780. The van der Waals surface area contributed by atoms with E-state index in [2.05, 4.69) is 0 Å². The Morgan fingerprint density at radius 1 is 1.12 bits per heavy atom. The van der Waals surface area contributed by atoms with Gasteiger partial charge in [-0.3, -0.25) is 4.79 Å². The van der Waals surface area contributed by atoms with E-state index in [1.807, 2.05) is 56.3 Å². The predicted octanol–water partition coefficient (Wildman–Crippen LogP) is 4.75. The Balaban J connectivity index is 1.90. The van der Waals surface area contributed by atoms with E-state index in [-0.39, 0.29) is 23.6 Å². The Bertz CT molecular complexity index is 689. The summed E-state index contributed by atoms with van der Waals surface area (Å²) in [5.41, 5.74) is 1.56. The first-order valence-corrected chi connectivity index (χ1v) is 8.68. The fraction of sp³-hybridized carbons (Fsp3) is 0.381. The highest BCUT2D eigenvalue weighted by molar-refractivity contribution is 5.73. The summed E-state index contributed by atoms with van der Waals surface area (Å²) in [4.78, 5) is 12.6. The van der Waals surface area contributed by atoms with E-state index in [0.717, 1.165) is 30.4 Å². The molecule has 0 aromatic heterocycles. The molecule has 1 fully saturated rings. The van der Waals surface area contributed by atoms with Crippen molar-refractivity contribution in [3.05, 3.63) is 65.7 Å². The van der Waals surface area contributed by atoms with E-state index < -0.39 is 5.60 Å². The average Bonchev–Trinajstić information content (AvgIpc) is 3.33. The van der Waals surface area contributed by atoms with Gasteiger partial charge in [0.2, 0.25) is 0 Å². The molecule has 126 valence electrons. The molecular weight excluding hydrogens is 300 g/mol. The van der Waals surface area contributed by atoms with Gasteiger partial charge in [-0.25, -0.2) is 0 Å². The summed E-state index contributed by atoms with van der Waals surface area (Å²) in [6, 6.07) is 17.2. The second-order valence-electron chi connectivity index (χ2n) is 6.54. The molecule has 2 atom stereocenters. The minimum Gasteiger partial charge on any atom is -0.508 e. The summed E-state index contributed by atoms with van der Waals surface area (Å²) >= 11 is 0. The predicted molar refractivity (Wildman–Crippen MR) is 93.7 cm³/mol. The van der Waals surface area contributed by atoms with Gasteiger partial charge in [-0.2, -0.15) is 0 Å². The van der Waals surface area contributed by atoms with Gasteiger partial charge in [0.25, 0.3) is 0 Å². The summed E-state index contributed by atoms with van der Waals surface area (Å²) < 4.78 is 6.07. The number of rotatable bonds is 6. The zero-order valence-corrected chi connectivity index (χ0v) is 14.2. The number of carbonyl (C=O) groups is 1. The lowest BCUT2D eigenvalue weighted by Crippen LogP contribution is -2.25. The van der Waals surface area contributed by atoms with Crippen molar-refractivity contribution in [2.45, 2.75) is 44.6 Å². The molecule has 2 aromatic carbocycles. The summed E-state index contributed by atoms with van der Waals surface area (Å²) in [7, 11) is 0. The number of phenols is 1. The molecule has 1 aliphatic carbocycles. The standard InChI is InChI=1S/C21H24O3/c1-3-15(4-2)20(23)24-21(17-8-6-5-7-9-17)14-19(21)16-10-12-18(22)13-11-16/h5-13,15,19,22H,3-4,14H2,1-2H3.